The van der Waals surface area contributed by atoms with Gasteiger partial charge in [0.05, 0.1) is 12.1 Å². The zero-order chi connectivity index (χ0) is 18.2. The lowest BCUT2D eigenvalue weighted by atomic mass is 10.1. The Kier molecular flexibility index (Phi) is 4.83. The molecule has 6 nitrogen and oxygen atoms in total. The summed E-state index contributed by atoms with van der Waals surface area (Å²) in [5.41, 5.74) is 2.20. The molecule has 0 spiro atoms. The molecule has 0 aliphatic carbocycles. The summed E-state index contributed by atoms with van der Waals surface area (Å²) in [5.74, 6) is -0.266. The van der Waals surface area contributed by atoms with Gasteiger partial charge >= 0.3 is 0 Å². The second-order valence-electron chi connectivity index (χ2n) is 5.58. The van der Waals surface area contributed by atoms with E-state index in [9.17, 15) is 13.2 Å². The average molecular weight is 381 g/mol. The van der Waals surface area contributed by atoms with E-state index in [1.807, 2.05) is 24.3 Å². The van der Waals surface area contributed by atoms with Crippen LogP contribution >= 0.6 is 11.6 Å². The van der Waals surface area contributed by atoms with Crippen LogP contribution in [0.15, 0.2) is 47.4 Å². The molecule has 0 atom stereocenters. The number of anilines is 1. The molecule has 0 N–H and O–H groups in total. The van der Waals surface area contributed by atoms with Gasteiger partial charge in [-0.15, -0.1) is 0 Å². The highest BCUT2D eigenvalue weighted by Crippen LogP contribution is 2.31. The Bertz CT molecular complexity index is 930. The summed E-state index contributed by atoms with van der Waals surface area (Å²) in [5, 5.41) is 0.0299. The van der Waals surface area contributed by atoms with Gasteiger partial charge in [0.25, 0.3) is 15.9 Å². The van der Waals surface area contributed by atoms with E-state index in [1.165, 1.54) is 32.4 Å². The lowest BCUT2D eigenvalue weighted by Crippen LogP contribution is -2.30. The van der Waals surface area contributed by atoms with Crippen LogP contribution in [0.25, 0.3) is 0 Å². The molecule has 132 valence electrons. The summed E-state index contributed by atoms with van der Waals surface area (Å²) in [7, 11) is -1.45. The monoisotopic (exact) mass is 380 g/mol. The number of rotatable bonds is 4. The Balaban J connectivity index is 2.00. The van der Waals surface area contributed by atoms with Crippen molar-refractivity contribution in [1.29, 1.82) is 0 Å². The second-order valence-corrected chi connectivity index (χ2v) is 7.89. The number of hydroxylamine groups is 1. The second kappa shape index (κ2) is 6.76. The molecule has 2 aromatic rings. The number of nitrogens with zero attached hydrogens (tertiary/aromatic N) is 2. The first-order valence-corrected chi connectivity index (χ1v) is 9.40. The third-order valence-electron chi connectivity index (χ3n) is 4.18. The highest BCUT2D eigenvalue weighted by atomic mass is 35.5. The van der Waals surface area contributed by atoms with E-state index in [1.54, 1.807) is 4.90 Å². The molecule has 1 amide bonds. The normalized spacial score (nSPS) is 14.0. The van der Waals surface area contributed by atoms with Crippen molar-refractivity contribution >= 4 is 33.2 Å². The number of amides is 1. The van der Waals surface area contributed by atoms with Crippen LogP contribution < -0.4 is 4.90 Å². The van der Waals surface area contributed by atoms with Crippen LogP contribution in [0.2, 0.25) is 5.02 Å². The number of carbonyl (C=O) groups excluding carboxylic acids is 1. The molecule has 0 fully saturated rings. The summed E-state index contributed by atoms with van der Waals surface area (Å²) in [6, 6.07) is 11.9. The van der Waals surface area contributed by atoms with Gasteiger partial charge in [0.15, 0.2) is 0 Å². The van der Waals surface area contributed by atoms with E-state index < -0.39 is 10.0 Å². The lowest BCUT2D eigenvalue weighted by Gasteiger charge is -2.19. The number of sulfonamides is 1. The van der Waals surface area contributed by atoms with Gasteiger partial charge in [-0.05, 0) is 36.2 Å². The fourth-order valence-electron chi connectivity index (χ4n) is 2.78. The third-order valence-corrected chi connectivity index (χ3v) is 6.35. The Labute approximate surface area is 151 Å². The molecule has 1 heterocycles. The number of benzene rings is 2. The topological polar surface area (TPSA) is 66.9 Å². The summed E-state index contributed by atoms with van der Waals surface area (Å²) in [6.45, 7) is 0.556. The molecular formula is C17H17ClN2O4S. The average Bonchev–Trinajstić information content (AvgIpc) is 3.04. The first-order chi connectivity index (χ1) is 11.9. The van der Waals surface area contributed by atoms with E-state index >= 15 is 0 Å². The fraction of sp³-hybridized carbons (Fsp3) is 0.235. The number of fused-ring (bicyclic) bond motifs is 1. The summed E-state index contributed by atoms with van der Waals surface area (Å²) in [6.07, 6.45) is 0.771. The molecule has 0 unspecified atom stereocenters. The van der Waals surface area contributed by atoms with E-state index in [-0.39, 0.29) is 21.4 Å². The molecule has 1 aliphatic heterocycles. The van der Waals surface area contributed by atoms with E-state index in [4.69, 9.17) is 16.4 Å². The molecule has 8 heteroatoms. The van der Waals surface area contributed by atoms with Crippen molar-refractivity contribution in [3.8, 4) is 0 Å². The number of hydrogen-bond donors (Lipinski definition) is 0. The van der Waals surface area contributed by atoms with Gasteiger partial charge in [-0.25, -0.2) is 8.42 Å². The van der Waals surface area contributed by atoms with E-state index in [2.05, 4.69) is 0 Å². The van der Waals surface area contributed by atoms with Gasteiger partial charge in [0.1, 0.15) is 4.90 Å². The van der Waals surface area contributed by atoms with Gasteiger partial charge in [-0.3, -0.25) is 9.63 Å². The molecule has 0 aromatic heterocycles. The van der Waals surface area contributed by atoms with Crippen LogP contribution in [0.4, 0.5) is 5.69 Å². The lowest BCUT2D eigenvalue weighted by molar-refractivity contribution is -0.0258. The maximum Gasteiger partial charge on any atom is 0.266 e. The van der Waals surface area contributed by atoms with Gasteiger partial charge in [0.2, 0.25) is 0 Å². The Morgan fingerprint density at radius 3 is 2.68 bits per heavy atom. The predicted molar refractivity (Wildman–Crippen MR) is 95.2 cm³/mol. The quantitative estimate of drug-likeness (QED) is 0.765. The van der Waals surface area contributed by atoms with Gasteiger partial charge < -0.3 is 4.90 Å². The van der Waals surface area contributed by atoms with E-state index in [0.717, 1.165) is 17.7 Å². The van der Waals surface area contributed by atoms with Crippen molar-refractivity contribution in [3.63, 3.8) is 0 Å². The molecule has 0 saturated carbocycles. The van der Waals surface area contributed by atoms with E-state index in [0.29, 0.717) is 11.0 Å². The van der Waals surface area contributed by atoms with Crippen molar-refractivity contribution in [2.75, 3.05) is 25.6 Å². The molecule has 3 rings (SSSR count). The van der Waals surface area contributed by atoms with Gasteiger partial charge in [0, 0.05) is 24.8 Å². The Hall–Kier alpha value is -1.93. The number of hydrogen-bond acceptors (Lipinski definition) is 4. The highest BCUT2D eigenvalue weighted by molar-refractivity contribution is 7.89. The summed E-state index contributed by atoms with van der Waals surface area (Å²) in [4.78, 5) is 19.1. The van der Waals surface area contributed by atoms with Crippen molar-refractivity contribution in [2.45, 2.75) is 11.3 Å². The van der Waals surface area contributed by atoms with Crippen LogP contribution in [-0.2, 0) is 21.3 Å². The first-order valence-electron chi connectivity index (χ1n) is 7.58. The Morgan fingerprint density at radius 1 is 1.24 bits per heavy atom. The van der Waals surface area contributed by atoms with Crippen LogP contribution in [-0.4, -0.2) is 39.5 Å². The van der Waals surface area contributed by atoms with Crippen molar-refractivity contribution in [2.24, 2.45) is 0 Å². The summed E-state index contributed by atoms with van der Waals surface area (Å²) < 4.78 is 25.6. The van der Waals surface area contributed by atoms with Crippen LogP contribution in [0, 0.1) is 0 Å². The van der Waals surface area contributed by atoms with Crippen molar-refractivity contribution < 1.29 is 18.0 Å². The maximum atomic E-state index is 12.9. The van der Waals surface area contributed by atoms with Crippen molar-refractivity contribution in [1.82, 2.24) is 4.47 Å². The Morgan fingerprint density at radius 2 is 1.96 bits per heavy atom. The molecule has 0 saturated heterocycles. The highest BCUT2D eigenvalue weighted by Gasteiger charge is 2.28. The van der Waals surface area contributed by atoms with Crippen LogP contribution in [0.5, 0.6) is 0 Å². The van der Waals surface area contributed by atoms with Crippen molar-refractivity contribution in [3.05, 3.63) is 58.6 Å². The van der Waals surface area contributed by atoms with Crippen LogP contribution in [0.1, 0.15) is 15.9 Å². The molecular weight excluding hydrogens is 364 g/mol. The fourth-order valence-corrected chi connectivity index (χ4v) is 4.25. The molecule has 2 aromatic carbocycles. The van der Waals surface area contributed by atoms with Gasteiger partial charge in [-0.2, -0.15) is 0 Å². The minimum Gasteiger partial charge on any atom is -0.308 e. The first kappa shape index (κ1) is 17.9. The maximum absolute atomic E-state index is 12.9. The van der Waals surface area contributed by atoms with Gasteiger partial charge in [-0.1, -0.05) is 34.3 Å². The zero-order valence-corrected chi connectivity index (χ0v) is 15.3. The SMILES string of the molecule is CON(C)S(=O)(=O)c1cc(C(=O)N2CCc3ccccc32)ccc1Cl. The minimum atomic E-state index is -3.95. The summed E-state index contributed by atoms with van der Waals surface area (Å²) >= 11 is 6.04. The molecule has 0 radical (unpaired) electrons. The van der Waals surface area contributed by atoms with Crippen LogP contribution in [0.3, 0.4) is 0 Å². The smallest absolute Gasteiger partial charge is 0.266 e. The predicted octanol–water partition coefficient (Wildman–Crippen LogP) is 2.72. The molecule has 25 heavy (non-hydrogen) atoms. The minimum absolute atomic E-state index is 0.0299. The number of halogens is 1. The zero-order valence-electron chi connectivity index (χ0n) is 13.8. The standard InChI is InChI=1S/C17H17ClN2O4S/c1-19(24-2)25(22,23)16-11-13(7-8-14(16)18)17(21)20-10-9-12-5-3-4-6-15(12)20/h3-8,11H,9-10H2,1-2H3. The number of carbonyl (C=O) groups is 1. The largest absolute Gasteiger partial charge is 0.308 e. The third kappa shape index (κ3) is 3.16. The number of para-hydroxylation sites is 1. The molecule has 1 aliphatic rings. The molecule has 0 bridgehead atoms.